The van der Waals surface area contributed by atoms with Crippen LogP contribution in [0, 0.1) is 0 Å². The third kappa shape index (κ3) is 6.81. The highest BCUT2D eigenvalue weighted by molar-refractivity contribution is 5.98. The van der Waals surface area contributed by atoms with Crippen LogP contribution in [0.15, 0.2) is 115 Å². The minimum atomic E-state index is -0.921. The van der Waals surface area contributed by atoms with Crippen LogP contribution in [0.1, 0.15) is 51.1 Å². The number of carbonyl (C=O) groups is 1. The van der Waals surface area contributed by atoms with Crippen LogP contribution >= 0.6 is 0 Å². The number of aromatic carboxylic acids is 1. The summed E-state index contributed by atoms with van der Waals surface area (Å²) in [4.78, 5) is 15.5. The molecular formula is C39H37NO3. The van der Waals surface area contributed by atoms with Gasteiger partial charge in [-0.1, -0.05) is 109 Å². The molecule has 216 valence electrons. The van der Waals surface area contributed by atoms with Crippen LogP contribution in [0.5, 0.6) is 5.75 Å². The van der Waals surface area contributed by atoms with Crippen LogP contribution in [-0.2, 0) is 32.1 Å². The summed E-state index contributed by atoms with van der Waals surface area (Å²) in [7, 11) is 0. The zero-order valence-electron chi connectivity index (χ0n) is 24.4. The van der Waals surface area contributed by atoms with Crippen molar-refractivity contribution in [2.75, 3.05) is 6.61 Å². The SMILES string of the molecule is O=C(O)c1[nH]c2c(CCc3ccc(CCCc4ccccc4)cc3)cccc2c1CCCOc1cccc2ccccc12. The van der Waals surface area contributed by atoms with Gasteiger partial charge in [-0.2, -0.15) is 0 Å². The van der Waals surface area contributed by atoms with E-state index in [1.165, 1.54) is 16.7 Å². The van der Waals surface area contributed by atoms with Crippen molar-refractivity contribution in [3.8, 4) is 5.75 Å². The van der Waals surface area contributed by atoms with E-state index < -0.39 is 5.97 Å². The van der Waals surface area contributed by atoms with Gasteiger partial charge in [0.2, 0.25) is 0 Å². The van der Waals surface area contributed by atoms with Gasteiger partial charge < -0.3 is 14.8 Å². The molecule has 1 aromatic heterocycles. The van der Waals surface area contributed by atoms with Crippen molar-refractivity contribution < 1.29 is 14.6 Å². The lowest BCUT2D eigenvalue weighted by atomic mass is 9.98. The van der Waals surface area contributed by atoms with Crippen molar-refractivity contribution in [2.24, 2.45) is 0 Å². The van der Waals surface area contributed by atoms with Gasteiger partial charge in [0.15, 0.2) is 0 Å². The second-order valence-corrected chi connectivity index (χ2v) is 11.2. The van der Waals surface area contributed by atoms with E-state index in [9.17, 15) is 9.90 Å². The van der Waals surface area contributed by atoms with Gasteiger partial charge in [-0.3, -0.25) is 0 Å². The Labute approximate surface area is 253 Å². The molecule has 6 rings (SSSR count). The molecule has 0 aliphatic carbocycles. The van der Waals surface area contributed by atoms with Crippen LogP contribution in [-0.4, -0.2) is 22.7 Å². The molecule has 1 heterocycles. The zero-order valence-corrected chi connectivity index (χ0v) is 24.4. The minimum absolute atomic E-state index is 0.285. The number of carboxylic acids is 1. The van der Waals surface area contributed by atoms with Gasteiger partial charge in [0.1, 0.15) is 11.4 Å². The highest BCUT2D eigenvalue weighted by Crippen LogP contribution is 2.29. The second kappa shape index (κ2) is 13.4. The van der Waals surface area contributed by atoms with Crippen molar-refractivity contribution in [1.29, 1.82) is 0 Å². The first-order valence-corrected chi connectivity index (χ1v) is 15.2. The molecule has 2 N–H and O–H groups in total. The molecule has 0 spiro atoms. The molecule has 4 heteroatoms. The predicted octanol–water partition coefficient (Wildman–Crippen LogP) is 8.99. The topological polar surface area (TPSA) is 62.3 Å². The van der Waals surface area contributed by atoms with Crippen LogP contribution in [0.3, 0.4) is 0 Å². The third-order valence-corrected chi connectivity index (χ3v) is 8.30. The standard InChI is InChI=1S/C39H37NO3/c41-39(42)38-35(19-9-27-43-36-20-8-15-31-14-4-5-17-33(31)36)34-18-7-16-32(37(34)40-38)26-25-30-23-21-29(22-24-30)13-6-12-28-10-2-1-3-11-28/h1-5,7-8,10-11,14-18,20-24,40H,6,9,12-13,19,25-27H2,(H,41,42). The first-order chi connectivity index (χ1) is 21.2. The molecule has 0 saturated heterocycles. The summed E-state index contributed by atoms with van der Waals surface area (Å²) in [5.41, 5.74) is 7.26. The van der Waals surface area contributed by atoms with Crippen molar-refractivity contribution >= 4 is 27.6 Å². The van der Waals surface area contributed by atoms with Crippen LogP contribution in [0.25, 0.3) is 21.7 Å². The quantitative estimate of drug-likeness (QED) is 0.137. The molecular weight excluding hydrogens is 530 g/mol. The summed E-state index contributed by atoms with van der Waals surface area (Å²) < 4.78 is 6.13. The first-order valence-electron chi connectivity index (χ1n) is 15.2. The number of benzene rings is 5. The van der Waals surface area contributed by atoms with E-state index in [4.69, 9.17) is 4.74 Å². The van der Waals surface area contributed by atoms with Crippen molar-refractivity contribution in [2.45, 2.75) is 44.9 Å². The number of aromatic nitrogens is 1. The molecule has 0 aliphatic heterocycles. The summed E-state index contributed by atoms with van der Waals surface area (Å²) >= 11 is 0. The Bertz CT molecular complexity index is 1810. The summed E-state index contributed by atoms with van der Waals surface area (Å²) in [6.45, 7) is 0.516. The number of fused-ring (bicyclic) bond motifs is 2. The molecule has 0 saturated carbocycles. The van der Waals surface area contributed by atoms with Gasteiger partial charge in [-0.25, -0.2) is 4.79 Å². The molecule has 0 amide bonds. The number of rotatable bonds is 13. The van der Waals surface area contributed by atoms with Crippen LogP contribution in [0.2, 0.25) is 0 Å². The van der Waals surface area contributed by atoms with Gasteiger partial charge in [0, 0.05) is 16.3 Å². The zero-order chi connectivity index (χ0) is 29.4. The first kappa shape index (κ1) is 28.3. The van der Waals surface area contributed by atoms with Crippen molar-refractivity contribution in [1.82, 2.24) is 4.98 Å². The van der Waals surface area contributed by atoms with E-state index in [0.717, 1.165) is 77.1 Å². The summed E-state index contributed by atoms with van der Waals surface area (Å²) in [6, 6.07) is 40.0. The van der Waals surface area contributed by atoms with Crippen LogP contribution in [0.4, 0.5) is 0 Å². The van der Waals surface area contributed by atoms with Gasteiger partial charge in [0.05, 0.1) is 6.61 Å². The number of H-pyrrole nitrogens is 1. The molecule has 0 radical (unpaired) electrons. The van der Waals surface area contributed by atoms with E-state index >= 15 is 0 Å². The average molecular weight is 568 g/mol. The number of aryl methyl sites for hydroxylation is 5. The molecule has 5 aromatic carbocycles. The van der Waals surface area contributed by atoms with E-state index in [2.05, 4.69) is 83.8 Å². The monoisotopic (exact) mass is 567 g/mol. The number of hydrogen-bond donors (Lipinski definition) is 2. The maximum Gasteiger partial charge on any atom is 0.352 e. The smallest absolute Gasteiger partial charge is 0.352 e. The fourth-order valence-electron chi connectivity index (χ4n) is 6.03. The normalized spacial score (nSPS) is 11.3. The van der Waals surface area contributed by atoms with Gasteiger partial charge >= 0.3 is 5.97 Å². The fraction of sp³-hybridized carbons (Fsp3) is 0.205. The molecule has 6 aromatic rings. The lowest BCUT2D eigenvalue weighted by Crippen LogP contribution is -2.04. The maximum atomic E-state index is 12.2. The Balaban J connectivity index is 1.08. The Morgan fingerprint density at radius 3 is 2.05 bits per heavy atom. The Morgan fingerprint density at radius 1 is 0.605 bits per heavy atom. The fourth-order valence-corrected chi connectivity index (χ4v) is 6.03. The third-order valence-electron chi connectivity index (χ3n) is 8.30. The van der Waals surface area contributed by atoms with Gasteiger partial charge in [0.25, 0.3) is 0 Å². The molecule has 0 unspecified atom stereocenters. The van der Waals surface area contributed by atoms with Gasteiger partial charge in [-0.05, 0) is 84.2 Å². The summed E-state index contributed by atoms with van der Waals surface area (Å²) in [5.74, 6) is -0.0621. The second-order valence-electron chi connectivity index (χ2n) is 11.2. The van der Waals surface area contributed by atoms with Crippen molar-refractivity contribution in [3.05, 3.63) is 149 Å². The summed E-state index contributed by atoms with van der Waals surface area (Å²) in [5, 5.41) is 13.2. The molecule has 43 heavy (non-hydrogen) atoms. The molecule has 0 atom stereocenters. The highest BCUT2D eigenvalue weighted by atomic mass is 16.5. The van der Waals surface area contributed by atoms with E-state index in [-0.39, 0.29) is 5.69 Å². The average Bonchev–Trinajstić information content (AvgIpc) is 3.43. The number of carboxylic acid groups (broad SMARTS) is 1. The Hall–Kier alpha value is -4.83. The Kier molecular flexibility index (Phi) is 8.84. The molecule has 0 bridgehead atoms. The van der Waals surface area contributed by atoms with Gasteiger partial charge in [-0.15, -0.1) is 0 Å². The van der Waals surface area contributed by atoms with E-state index in [0.29, 0.717) is 13.0 Å². The minimum Gasteiger partial charge on any atom is -0.493 e. The van der Waals surface area contributed by atoms with E-state index in [1.54, 1.807) is 0 Å². The Morgan fingerprint density at radius 2 is 1.26 bits per heavy atom. The number of aromatic amines is 1. The number of hydrogen-bond acceptors (Lipinski definition) is 2. The molecule has 0 aliphatic rings. The van der Waals surface area contributed by atoms with E-state index in [1.807, 2.05) is 36.4 Å². The van der Waals surface area contributed by atoms with Crippen LogP contribution < -0.4 is 4.74 Å². The largest absolute Gasteiger partial charge is 0.493 e. The number of nitrogens with one attached hydrogen (secondary N) is 1. The number of para-hydroxylation sites is 1. The highest BCUT2D eigenvalue weighted by Gasteiger charge is 2.18. The lowest BCUT2D eigenvalue weighted by Gasteiger charge is -2.09. The lowest BCUT2D eigenvalue weighted by molar-refractivity contribution is 0.0690. The predicted molar refractivity (Wildman–Crippen MR) is 175 cm³/mol. The number of ether oxygens (including phenoxy) is 1. The van der Waals surface area contributed by atoms with Crippen molar-refractivity contribution in [3.63, 3.8) is 0 Å². The maximum absolute atomic E-state index is 12.2. The molecule has 0 fully saturated rings. The summed E-state index contributed by atoms with van der Waals surface area (Å²) in [6.07, 6.45) is 6.40. The molecule has 4 nitrogen and oxygen atoms in total.